The number of amides is 3. The van der Waals surface area contributed by atoms with Crippen molar-refractivity contribution in [1.82, 2.24) is 0 Å². The Morgan fingerprint density at radius 1 is 0.645 bits per heavy atom. The van der Waals surface area contributed by atoms with E-state index in [4.69, 9.17) is 4.74 Å². The minimum absolute atomic E-state index is 0.273. The van der Waals surface area contributed by atoms with E-state index in [1.807, 2.05) is 54.6 Å². The van der Waals surface area contributed by atoms with E-state index in [9.17, 15) is 9.59 Å². The second-order valence-electron chi connectivity index (χ2n) is 6.88. The average molecular weight is 411 g/mol. The number of hydrogen-bond donors (Lipinski definition) is 3. The molecule has 31 heavy (non-hydrogen) atoms. The predicted molar refractivity (Wildman–Crippen MR) is 124 cm³/mol. The molecule has 0 heterocycles. The van der Waals surface area contributed by atoms with Gasteiger partial charge < -0.3 is 20.7 Å². The van der Waals surface area contributed by atoms with Gasteiger partial charge in [0.1, 0.15) is 5.75 Å². The lowest BCUT2D eigenvalue weighted by Gasteiger charge is -2.12. The minimum Gasteiger partial charge on any atom is -0.496 e. The van der Waals surface area contributed by atoms with Crippen LogP contribution >= 0.6 is 0 Å². The summed E-state index contributed by atoms with van der Waals surface area (Å²) >= 11 is 0. The van der Waals surface area contributed by atoms with E-state index in [2.05, 4.69) is 16.0 Å². The molecular formula is C25H21N3O3. The molecular weight excluding hydrogens is 390 g/mol. The largest absolute Gasteiger partial charge is 0.496 e. The van der Waals surface area contributed by atoms with Gasteiger partial charge in [0.15, 0.2) is 0 Å². The molecule has 0 spiro atoms. The SMILES string of the molecule is COc1cc2ccccc2cc1C(=O)Nc1ccc(NC(=O)Nc2ccccc2)cc1. The molecule has 4 rings (SSSR count). The van der Waals surface area contributed by atoms with Crippen molar-refractivity contribution in [2.24, 2.45) is 0 Å². The first kappa shape index (κ1) is 20.0. The number of fused-ring (bicyclic) bond motifs is 1. The van der Waals surface area contributed by atoms with Crippen LogP contribution in [0.2, 0.25) is 0 Å². The van der Waals surface area contributed by atoms with Gasteiger partial charge in [-0.05, 0) is 59.3 Å². The zero-order chi connectivity index (χ0) is 21.6. The summed E-state index contributed by atoms with van der Waals surface area (Å²) in [6.07, 6.45) is 0. The number of nitrogens with one attached hydrogen (secondary N) is 3. The summed E-state index contributed by atoms with van der Waals surface area (Å²) in [4.78, 5) is 24.9. The van der Waals surface area contributed by atoms with Crippen LogP contribution in [0.1, 0.15) is 10.4 Å². The highest BCUT2D eigenvalue weighted by Gasteiger charge is 2.14. The smallest absolute Gasteiger partial charge is 0.323 e. The van der Waals surface area contributed by atoms with E-state index < -0.39 is 0 Å². The summed E-state index contributed by atoms with van der Waals surface area (Å²) in [5, 5.41) is 10.3. The quantitative estimate of drug-likeness (QED) is 0.391. The van der Waals surface area contributed by atoms with Crippen LogP contribution in [-0.2, 0) is 0 Å². The number of anilines is 3. The average Bonchev–Trinajstić information content (AvgIpc) is 2.80. The molecule has 6 heteroatoms. The van der Waals surface area contributed by atoms with E-state index in [0.717, 1.165) is 10.8 Å². The van der Waals surface area contributed by atoms with Gasteiger partial charge in [0, 0.05) is 17.1 Å². The third kappa shape index (κ3) is 4.82. The van der Waals surface area contributed by atoms with Crippen molar-refractivity contribution in [2.75, 3.05) is 23.1 Å². The number of hydrogen-bond acceptors (Lipinski definition) is 3. The summed E-state index contributed by atoms with van der Waals surface area (Å²) < 4.78 is 5.41. The lowest BCUT2D eigenvalue weighted by molar-refractivity contribution is 0.102. The molecule has 0 radical (unpaired) electrons. The fourth-order valence-electron chi connectivity index (χ4n) is 3.22. The van der Waals surface area contributed by atoms with Crippen LogP contribution in [0.5, 0.6) is 5.75 Å². The first-order valence-corrected chi connectivity index (χ1v) is 9.73. The van der Waals surface area contributed by atoms with Gasteiger partial charge in [-0.25, -0.2) is 4.79 Å². The Morgan fingerprint density at radius 3 is 1.77 bits per heavy atom. The molecule has 0 unspecified atom stereocenters. The third-order valence-corrected chi connectivity index (χ3v) is 4.74. The topological polar surface area (TPSA) is 79.5 Å². The molecule has 4 aromatic rings. The second kappa shape index (κ2) is 9.00. The summed E-state index contributed by atoms with van der Waals surface area (Å²) in [5.74, 6) is 0.234. The fourth-order valence-corrected chi connectivity index (χ4v) is 3.22. The molecule has 0 fully saturated rings. The van der Waals surface area contributed by atoms with Gasteiger partial charge in [-0.1, -0.05) is 42.5 Å². The third-order valence-electron chi connectivity index (χ3n) is 4.74. The number of para-hydroxylation sites is 1. The van der Waals surface area contributed by atoms with Gasteiger partial charge in [-0.15, -0.1) is 0 Å². The molecule has 4 aromatic carbocycles. The van der Waals surface area contributed by atoms with E-state index >= 15 is 0 Å². The molecule has 0 aliphatic rings. The van der Waals surface area contributed by atoms with Gasteiger partial charge in [0.05, 0.1) is 12.7 Å². The highest BCUT2D eigenvalue weighted by Crippen LogP contribution is 2.27. The Kier molecular flexibility index (Phi) is 5.80. The highest BCUT2D eigenvalue weighted by atomic mass is 16.5. The lowest BCUT2D eigenvalue weighted by Crippen LogP contribution is -2.19. The van der Waals surface area contributed by atoms with Crippen molar-refractivity contribution in [3.05, 3.63) is 96.6 Å². The first-order chi connectivity index (χ1) is 15.1. The maximum Gasteiger partial charge on any atom is 0.323 e. The van der Waals surface area contributed by atoms with E-state index in [1.54, 1.807) is 43.5 Å². The summed E-state index contributed by atoms with van der Waals surface area (Å²) in [7, 11) is 1.54. The van der Waals surface area contributed by atoms with Crippen LogP contribution in [0.4, 0.5) is 21.9 Å². The number of ether oxygens (including phenoxy) is 1. The molecule has 0 aliphatic heterocycles. The molecule has 0 atom stereocenters. The monoisotopic (exact) mass is 411 g/mol. The Morgan fingerprint density at radius 2 is 1.16 bits per heavy atom. The zero-order valence-electron chi connectivity index (χ0n) is 16.9. The molecule has 0 saturated heterocycles. The van der Waals surface area contributed by atoms with E-state index in [0.29, 0.717) is 28.4 Å². The number of urea groups is 1. The van der Waals surface area contributed by atoms with Crippen molar-refractivity contribution in [2.45, 2.75) is 0 Å². The Bertz CT molecular complexity index is 1220. The zero-order valence-corrected chi connectivity index (χ0v) is 16.9. The van der Waals surface area contributed by atoms with Crippen molar-refractivity contribution < 1.29 is 14.3 Å². The number of benzene rings is 4. The molecule has 3 N–H and O–H groups in total. The molecule has 0 aliphatic carbocycles. The molecule has 154 valence electrons. The number of rotatable bonds is 5. The normalized spacial score (nSPS) is 10.4. The summed E-state index contributed by atoms with van der Waals surface area (Å²) in [6, 6.07) is 27.2. The van der Waals surface area contributed by atoms with Crippen molar-refractivity contribution in [1.29, 1.82) is 0 Å². The van der Waals surface area contributed by atoms with E-state index in [1.165, 1.54) is 0 Å². The number of carbonyl (C=O) groups is 2. The van der Waals surface area contributed by atoms with Gasteiger partial charge in [-0.3, -0.25) is 4.79 Å². The predicted octanol–water partition coefficient (Wildman–Crippen LogP) is 5.74. The molecule has 0 aromatic heterocycles. The second-order valence-corrected chi connectivity index (χ2v) is 6.88. The van der Waals surface area contributed by atoms with Crippen LogP contribution in [0, 0.1) is 0 Å². The van der Waals surface area contributed by atoms with Crippen LogP contribution in [0.25, 0.3) is 10.8 Å². The molecule has 0 bridgehead atoms. The fraction of sp³-hybridized carbons (Fsp3) is 0.0400. The van der Waals surface area contributed by atoms with E-state index in [-0.39, 0.29) is 11.9 Å². The standard InChI is InChI=1S/C25H21N3O3/c1-31-23-16-18-8-6-5-7-17(18)15-22(23)24(29)26-20-11-13-21(14-12-20)28-25(30)27-19-9-3-2-4-10-19/h2-16H,1H3,(H,26,29)(H2,27,28,30). The van der Waals surface area contributed by atoms with Gasteiger partial charge in [-0.2, -0.15) is 0 Å². The first-order valence-electron chi connectivity index (χ1n) is 9.73. The summed E-state index contributed by atoms with van der Waals surface area (Å²) in [5.41, 5.74) is 2.36. The van der Waals surface area contributed by atoms with Crippen molar-refractivity contribution >= 4 is 39.8 Å². The van der Waals surface area contributed by atoms with Gasteiger partial charge >= 0.3 is 6.03 Å². The van der Waals surface area contributed by atoms with Gasteiger partial charge in [0.25, 0.3) is 5.91 Å². The maximum atomic E-state index is 12.8. The Hall–Kier alpha value is -4.32. The number of carbonyl (C=O) groups excluding carboxylic acids is 2. The number of methoxy groups -OCH3 is 1. The van der Waals surface area contributed by atoms with Crippen LogP contribution in [-0.4, -0.2) is 19.0 Å². The highest BCUT2D eigenvalue weighted by molar-refractivity contribution is 6.09. The molecule has 3 amide bonds. The van der Waals surface area contributed by atoms with Gasteiger partial charge in [0.2, 0.25) is 0 Å². The van der Waals surface area contributed by atoms with Crippen LogP contribution < -0.4 is 20.7 Å². The van der Waals surface area contributed by atoms with Crippen molar-refractivity contribution in [3.8, 4) is 5.75 Å². The van der Waals surface area contributed by atoms with Crippen molar-refractivity contribution in [3.63, 3.8) is 0 Å². The molecule has 0 saturated carbocycles. The Labute approximate surface area is 179 Å². The summed E-state index contributed by atoms with van der Waals surface area (Å²) in [6.45, 7) is 0. The molecule has 6 nitrogen and oxygen atoms in total. The van der Waals surface area contributed by atoms with Crippen LogP contribution in [0.15, 0.2) is 91.0 Å². The van der Waals surface area contributed by atoms with Crippen LogP contribution in [0.3, 0.4) is 0 Å². The minimum atomic E-state index is -0.344. The Balaban J connectivity index is 1.43. The lowest BCUT2D eigenvalue weighted by atomic mass is 10.1. The maximum absolute atomic E-state index is 12.8.